The zero-order valence-corrected chi connectivity index (χ0v) is 18.9. The van der Waals surface area contributed by atoms with Gasteiger partial charge in [-0.1, -0.05) is 11.6 Å². The Morgan fingerprint density at radius 2 is 2.00 bits per heavy atom. The van der Waals surface area contributed by atoms with Crippen molar-refractivity contribution in [2.75, 3.05) is 27.2 Å². The van der Waals surface area contributed by atoms with E-state index in [1.807, 2.05) is 49.9 Å². The largest absolute Gasteiger partial charge is 0.353 e. The monoisotopic (exact) mass is 440 g/mol. The molecule has 1 fully saturated rings. The number of rotatable bonds is 8. The van der Waals surface area contributed by atoms with E-state index in [1.165, 1.54) is 22.7 Å². The molecule has 0 radical (unpaired) electrons. The number of amides is 2. The van der Waals surface area contributed by atoms with Crippen LogP contribution in [-0.2, 0) is 4.79 Å². The molecule has 0 saturated heterocycles. The van der Waals surface area contributed by atoms with Gasteiger partial charge in [0.25, 0.3) is 5.91 Å². The summed E-state index contributed by atoms with van der Waals surface area (Å²) in [5.41, 5.74) is -0.594. The fourth-order valence-corrected chi connectivity index (χ4v) is 4.58. The number of hydrogen-bond donors (Lipinski definition) is 1. The molecule has 2 aromatic heterocycles. The lowest BCUT2D eigenvalue weighted by atomic mass is 10.0. The Kier molecular flexibility index (Phi) is 6.44. The van der Waals surface area contributed by atoms with E-state index in [1.54, 1.807) is 6.20 Å². The number of thiophene rings is 1. The molecule has 2 amide bonds. The third kappa shape index (κ3) is 4.74. The van der Waals surface area contributed by atoms with Crippen molar-refractivity contribution in [3.05, 3.63) is 27.5 Å². The van der Waals surface area contributed by atoms with Gasteiger partial charge in [0.05, 0.1) is 20.9 Å². The maximum Gasteiger partial charge on any atom is 0.265 e. The second kappa shape index (κ2) is 8.49. The molecule has 28 heavy (non-hydrogen) atoms. The lowest BCUT2D eigenvalue weighted by Gasteiger charge is -2.31. The summed E-state index contributed by atoms with van der Waals surface area (Å²) in [7, 11) is 3.75. The number of carbonyl (C=O) groups excluding carboxylic acids is 2. The zero-order valence-electron chi connectivity index (χ0n) is 16.5. The number of nitrogens with one attached hydrogen (secondary N) is 1. The molecular weight excluding hydrogens is 416 g/mol. The van der Waals surface area contributed by atoms with Gasteiger partial charge >= 0.3 is 0 Å². The van der Waals surface area contributed by atoms with Crippen molar-refractivity contribution >= 4 is 46.1 Å². The summed E-state index contributed by atoms with van der Waals surface area (Å²) in [5.74, 6) is -0.0645. The minimum atomic E-state index is -0.594. The first kappa shape index (κ1) is 21.2. The number of aromatic nitrogens is 1. The van der Waals surface area contributed by atoms with Gasteiger partial charge < -0.3 is 10.2 Å². The molecule has 6 nitrogen and oxygen atoms in total. The van der Waals surface area contributed by atoms with E-state index in [9.17, 15) is 9.59 Å². The van der Waals surface area contributed by atoms with Crippen molar-refractivity contribution in [3.63, 3.8) is 0 Å². The molecule has 9 heteroatoms. The molecular formula is C19H25ClN4O2S2. The maximum absolute atomic E-state index is 13.0. The van der Waals surface area contributed by atoms with Gasteiger partial charge in [-0.25, -0.2) is 4.98 Å². The third-order valence-electron chi connectivity index (χ3n) is 5.06. The number of hydrogen-bond acceptors (Lipinski definition) is 6. The van der Waals surface area contributed by atoms with Gasteiger partial charge in [0, 0.05) is 19.1 Å². The molecule has 0 bridgehead atoms. The van der Waals surface area contributed by atoms with Gasteiger partial charge in [-0.3, -0.25) is 14.5 Å². The van der Waals surface area contributed by atoms with Gasteiger partial charge in [-0.2, -0.15) is 0 Å². The number of carbonyl (C=O) groups is 2. The highest BCUT2D eigenvalue weighted by Crippen LogP contribution is 2.35. The second-order valence-electron chi connectivity index (χ2n) is 7.57. The van der Waals surface area contributed by atoms with E-state index in [2.05, 4.69) is 10.3 Å². The lowest BCUT2D eigenvalue weighted by Crippen LogP contribution is -2.53. The summed E-state index contributed by atoms with van der Waals surface area (Å²) in [6.45, 7) is 4.69. The average Bonchev–Trinajstić information content (AvgIpc) is 3.18. The van der Waals surface area contributed by atoms with E-state index in [0.29, 0.717) is 22.3 Å². The van der Waals surface area contributed by atoms with Crippen molar-refractivity contribution in [3.8, 4) is 9.88 Å². The fraction of sp³-hybridized carbons (Fsp3) is 0.526. The zero-order chi connectivity index (χ0) is 20.5. The fourth-order valence-electron chi connectivity index (χ4n) is 2.60. The average molecular weight is 441 g/mol. The minimum absolute atomic E-state index is 0.0185. The molecule has 1 aliphatic carbocycles. The van der Waals surface area contributed by atoms with Crippen LogP contribution in [0.3, 0.4) is 0 Å². The molecule has 0 atom stereocenters. The van der Waals surface area contributed by atoms with Crippen LogP contribution in [-0.4, -0.2) is 65.4 Å². The summed E-state index contributed by atoms with van der Waals surface area (Å²) in [6.07, 6.45) is 3.66. The summed E-state index contributed by atoms with van der Waals surface area (Å²) >= 11 is 8.83. The first-order valence-electron chi connectivity index (χ1n) is 9.18. The Bertz CT molecular complexity index is 858. The Labute approximate surface area is 178 Å². The van der Waals surface area contributed by atoms with Crippen LogP contribution in [0.4, 0.5) is 0 Å². The van der Waals surface area contributed by atoms with Crippen LogP contribution < -0.4 is 5.32 Å². The van der Waals surface area contributed by atoms with Crippen LogP contribution >= 0.6 is 34.3 Å². The molecule has 1 N–H and O–H groups in total. The summed E-state index contributed by atoms with van der Waals surface area (Å²) < 4.78 is 0.703. The Balaban J connectivity index is 1.62. The van der Waals surface area contributed by atoms with Gasteiger partial charge in [0.1, 0.15) is 9.88 Å². The second-order valence-corrected chi connectivity index (χ2v) is 10.3. The van der Waals surface area contributed by atoms with Gasteiger partial charge in [0.2, 0.25) is 5.91 Å². The molecule has 2 heterocycles. The van der Waals surface area contributed by atoms with Crippen molar-refractivity contribution < 1.29 is 9.59 Å². The molecule has 1 aliphatic rings. The van der Waals surface area contributed by atoms with Crippen molar-refractivity contribution in [1.82, 2.24) is 20.1 Å². The lowest BCUT2D eigenvalue weighted by molar-refractivity contribution is -0.130. The number of likely N-dealkylation sites (N-methyl/N-ethyl adjacent to an activating group) is 1. The molecule has 152 valence electrons. The number of thiazole rings is 1. The predicted octanol–water partition coefficient (Wildman–Crippen LogP) is 3.59. The highest BCUT2D eigenvalue weighted by molar-refractivity contribution is 7.24. The van der Waals surface area contributed by atoms with Crippen LogP contribution in [0.1, 0.15) is 36.4 Å². The Hall–Kier alpha value is -1.48. The molecule has 0 unspecified atom stereocenters. The van der Waals surface area contributed by atoms with Crippen LogP contribution in [0.25, 0.3) is 9.88 Å². The van der Waals surface area contributed by atoms with Crippen molar-refractivity contribution in [2.45, 2.75) is 38.3 Å². The molecule has 0 spiro atoms. The quantitative estimate of drug-likeness (QED) is 0.681. The first-order valence-corrected chi connectivity index (χ1v) is 11.2. The molecule has 2 aromatic rings. The summed E-state index contributed by atoms with van der Waals surface area (Å²) in [6, 6.07) is 4.01. The van der Waals surface area contributed by atoms with Crippen LogP contribution in [0.15, 0.2) is 18.3 Å². The molecule has 3 rings (SSSR count). The van der Waals surface area contributed by atoms with Crippen molar-refractivity contribution in [1.29, 1.82) is 0 Å². The SMILES string of the molecule is CN(C)C(C)(C)C(=O)NCCN(C(=O)c1cnc(-c2ccc(Cl)s2)s1)C1CC1. The molecule has 0 aliphatic heterocycles. The van der Waals surface area contributed by atoms with E-state index in [0.717, 1.165) is 22.7 Å². The molecule has 0 aromatic carbocycles. The predicted molar refractivity (Wildman–Crippen MR) is 115 cm³/mol. The van der Waals surface area contributed by atoms with E-state index >= 15 is 0 Å². The van der Waals surface area contributed by atoms with Crippen LogP contribution in [0, 0.1) is 0 Å². The highest BCUT2D eigenvalue weighted by atomic mass is 35.5. The highest BCUT2D eigenvalue weighted by Gasteiger charge is 2.34. The standard InChI is InChI=1S/C19H25ClN4O2S2/c1-19(2,23(3)4)18(26)21-9-10-24(12-5-6-12)17(25)14-11-22-16(28-14)13-7-8-15(20)27-13/h7-8,11-12H,5-6,9-10H2,1-4H3,(H,21,26). The van der Waals surface area contributed by atoms with Crippen LogP contribution in [0.2, 0.25) is 4.34 Å². The van der Waals surface area contributed by atoms with E-state index in [4.69, 9.17) is 11.6 Å². The maximum atomic E-state index is 13.0. The minimum Gasteiger partial charge on any atom is -0.353 e. The topological polar surface area (TPSA) is 65.5 Å². The summed E-state index contributed by atoms with van der Waals surface area (Å²) in [4.78, 5) is 35.1. The van der Waals surface area contributed by atoms with Gasteiger partial charge in [-0.05, 0) is 52.9 Å². The normalized spacial score (nSPS) is 14.4. The van der Waals surface area contributed by atoms with E-state index < -0.39 is 5.54 Å². The Morgan fingerprint density at radius 3 is 2.57 bits per heavy atom. The smallest absolute Gasteiger partial charge is 0.265 e. The number of halogens is 1. The summed E-state index contributed by atoms with van der Waals surface area (Å²) in [5, 5.41) is 3.76. The Morgan fingerprint density at radius 1 is 1.29 bits per heavy atom. The van der Waals surface area contributed by atoms with Gasteiger partial charge in [-0.15, -0.1) is 22.7 Å². The van der Waals surface area contributed by atoms with Gasteiger partial charge in [0.15, 0.2) is 0 Å². The molecule has 1 saturated carbocycles. The first-order chi connectivity index (χ1) is 13.2. The third-order valence-corrected chi connectivity index (χ3v) is 7.45. The number of nitrogens with zero attached hydrogens (tertiary/aromatic N) is 3. The van der Waals surface area contributed by atoms with Crippen LogP contribution in [0.5, 0.6) is 0 Å². The van der Waals surface area contributed by atoms with Crippen molar-refractivity contribution in [2.24, 2.45) is 0 Å². The van der Waals surface area contributed by atoms with E-state index in [-0.39, 0.29) is 17.9 Å².